The molecule has 4 fully saturated rings. The van der Waals surface area contributed by atoms with Crippen LogP contribution in [0.5, 0.6) is 0 Å². The van der Waals surface area contributed by atoms with Gasteiger partial charge in [0.1, 0.15) is 37.1 Å². The second-order valence-electron chi connectivity index (χ2n) is 12.4. The van der Waals surface area contributed by atoms with E-state index in [0.717, 1.165) is 0 Å². The summed E-state index contributed by atoms with van der Waals surface area (Å²) in [5.74, 6) is -6.51. The van der Waals surface area contributed by atoms with Crippen molar-refractivity contribution in [1.29, 1.82) is 0 Å². The van der Waals surface area contributed by atoms with Crippen molar-refractivity contribution in [3.8, 4) is 0 Å². The van der Waals surface area contributed by atoms with Crippen molar-refractivity contribution in [2.24, 2.45) is 17.8 Å². The zero-order chi connectivity index (χ0) is 33.3. The molecule has 11 unspecified atom stereocenters. The molecular formula is C27H42O18. The predicted molar refractivity (Wildman–Crippen MR) is 140 cm³/mol. The minimum absolute atomic E-state index is 0.244. The second-order valence-corrected chi connectivity index (χ2v) is 12.4. The van der Waals surface area contributed by atoms with Gasteiger partial charge >= 0.3 is 17.9 Å². The molecule has 0 amide bonds. The quantitative estimate of drug-likeness (QED) is 0.0898. The number of ether oxygens (including phenoxy) is 4. The molecule has 45 heavy (non-hydrogen) atoms. The average molecular weight is 655 g/mol. The van der Waals surface area contributed by atoms with E-state index in [1.807, 2.05) is 0 Å². The van der Waals surface area contributed by atoms with E-state index in [9.17, 15) is 70.6 Å². The lowest BCUT2D eigenvalue weighted by Gasteiger charge is -2.42. The Morgan fingerprint density at radius 3 is 1.24 bits per heavy atom. The summed E-state index contributed by atoms with van der Waals surface area (Å²) in [6.45, 7) is -0.764. The monoisotopic (exact) mass is 654 g/mol. The Morgan fingerprint density at radius 1 is 0.489 bits per heavy atom. The Balaban J connectivity index is 1.47. The molecular weight excluding hydrogens is 612 g/mol. The lowest BCUT2D eigenvalue weighted by Crippen LogP contribution is -2.62. The fourth-order valence-corrected chi connectivity index (χ4v) is 6.22. The Hall–Kier alpha value is -2.07. The number of hydrogen-bond acceptors (Lipinski definition) is 18. The van der Waals surface area contributed by atoms with Gasteiger partial charge in [0.15, 0.2) is 12.2 Å². The van der Waals surface area contributed by atoms with Crippen molar-refractivity contribution < 1.29 is 89.5 Å². The maximum Gasteiger partial charge on any atom is 0.311 e. The Morgan fingerprint density at radius 2 is 0.844 bits per heavy atom. The molecule has 0 spiro atoms. The van der Waals surface area contributed by atoms with Crippen LogP contribution in [0.4, 0.5) is 0 Å². The molecule has 4 aliphatic rings. The molecule has 258 valence electrons. The highest BCUT2D eigenvalue weighted by atomic mass is 16.7. The molecule has 3 saturated carbocycles. The molecule has 0 bridgehead atoms. The van der Waals surface area contributed by atoms with Crippen LogP contribution in [0, 0.1) is 17.8 Å². The van der Waals surface area contributed by atoms with Gasteiger partial charge in [-0.25, -0.2) is 0 Å². The second kappa shape index (κ2) is 14.8. The SMILES string of the molecule is O=C(OCC1OC(OC(=O)C2CC(O)C(O)C(O)C2)C(O)C(OC(=O)C2CC(O)C(O)C(O)C2)C1O)C1CC(O)C(O)C(O)C1. The minimum atomic E-state index is -2.04. The molecule has 3 aliphatic carbocycles. The van der Waals surface area contributed by atoms with E-state index in [1.54, 1.807) is 0 Å². The molecule has 1 aliphatic heterocycles. The first kappa shape index (κ1) is 35.8. The molecule has 11 atom stereocenters. The van der Waals surface area contributed by atoms with Gasteiger partial charge in [0.25, 0.3) is 0 Å². The highest BCUT2D eigenvalue weighted by molar-refractivity contribution is 5.74. The van der Waals surface area contributed by atoms with Crippen LogP contribution in [-0.4, -0.2) is 166 Å². The summed E-state index contributed by atoms with van der Waals surface area (Å²) in [4.78, 5) is 38.6. The van der Waals surface area contributed by atoms with Gasteiger partial charge in [-0.1, -0.05) is 0 Å². The van der Waals surface area contributed by atoms with E-state index in [4.69, 9.17) is 18.9 Å². The van der Waals surface area contributed by atoms with Gasteiger partial charge in [0.05, 0.1) is 54.4 Å². The van der Waals surface area contributed by atoms with Gasteiger partial charge in [-0.15, -0.1) is 0 Å². The maximum atomic E-state index is 13.0. The fourth-order valence-electron chi connectivity index (χ4n) is 6.22. The van der Waals surface area contributed by atoms with Gasteiger partial charge < -0.3 is 75.1 Å². The van der Waals surface area contributed by atoms with Crippen LogP contribution in [0.25, 0.3) is 0 Å². The van der Waals surface area contributed by atoms with Crippen LogP contribution in [0.3, 0.4) is 0 Å². The molecule has 0 aromatic rings. The zero-order valence-electron chi connectivity index (χ0n) is 24.0. The number of carbonyl (C=O) groups is 3. The highest BCUT2D eigenvalue weighted by Crippen LogP contribution is 2.33. The fraction of sp³-hybridized carbons (Fsp3) is 0.889. The van der Waals surface area contributed by atoms with E-state index < -0.39 is 128 Å². The number of rotatable bonds is 7. The molecule has 1 saturated heterocycles. The third-order valence-electron chi connectivity index (χ3n) is 9.04. The van der Waals surface area contributed by atoms with E-state index >= 15 is 0 Å². The van der Waals surface area contributed by atoms with Crippen molar-refractivity contribution >= 4 is 17.9 Å². The summed E-state index contributed by atoms with van der Waals surface area (Å²) in [7, 11) is 0. The van der Waals surface area contributed by atoms with E-state index in [0.29, 0.717) is 0 Å². The van der Waals surface area contributed by atoms with E-state index in [-0.39, 0.29) is 38.5 Å². The molecule has 18 nitrogen and oxygen atoms in total. The molecule has 0 radical (unpaired) electrons. The van der Waals surface area contributed by atoms with Gasteiger partial charge in [-0.2, -0.15) is 0 Å². The van der Waals surface area contributed by atoms with Crippen molar-refractivity contribution in [3.05, 3.63) is 0 Å². The Labute approximate surface area is 256 Å². The minimum Gasteiger partial charge on any atom is -0.463 e. The number of aliphatic hydroxyl groups excluding tert-OH is 11. The van der Waals surface area contributed by atoms with Gasteiger partial charge in [-0.05, 0) is 38.5 Å². The van der Waals surface area contributed by atoms with Crippen molar-refractivity contribution in [3.63, 3.8) is 0 Å². The van der Waals surface area contributed by atoms with E-state index in [1.165, 1.54) is 0 Å². The highest BCUT2D eigenvalue weighted by Gasteiger charge is 2.51. The normalized spacial score (nSPS) is 47.4. The Bertz CT molecular complexity index is 1010. The molecule has 4 rings (SSSR count). The summed E-state index contributed by atoms with van der Waals surface area (Å²) in [5, 5.41) is 111. The number of carbonyl (C=O) groups excluding carboxylic acids is 3. The summed E-state index contributed by atoms with van der Waals surface area (Å²) in [6.07, 6.45) is -24.4. The zero-order valence-corrected chi connectivity index (χ0v) is 24.0. The van der Waals surface area contributed by atoms with Crippen LogP contribution in [0.15, 0.2) is 0 Å². The van der Waals surface area contributed by atoms with Crippen LogP contribution in [0.1, 0.15) is 38.5 Å². The average Bonchev–Trinajstić information content (AvgIpc) is 2.99. The molecule has 1 heterocycles. The first-order valence-electron chi connectivity index (χ1n) is 14.8. The standard InChI is InChI=1S/C27H42O18/c28-11-1-8(2-12(29)18(11)34)24(39)42-7-17-21(37)23(44-25(40)9-3-13(30)19(35)14(31)4-9)22(38)27(43-17)45-26(41)10-5-15(32)20(36)16(33)6-10/h8-23,27-38H,1-7H2. The summed E-state index contributed by atoms with van der Waals surface area (Å²) in [5.41, 5.74) is 0. The third kappa shape index (κ3) is 8.09. The van der Waals surface area contributed by atoms with Gasteiger partial charge in [0.2, 0.25) is 6.29 Å². The summed E-state index contributed by atoms with van der Waals surface area (Å²) < 4.78 is 21.3. The van der Waals surface area contributed by atoms with Crippen LogP contribution in [0.2, 0.25) is 0 Å². The molecule has 0 aromatic carbocycles. The molecule has 0 aromatic heterocycles. The lowest BCUT2D eigenvalue weighted by atomic mass is 9.83. The third-order valence-corrected chi connectivity index (χ3v) is 9.04. The summed E-state index contributed by atoms with van der Waals surface area (Å²) in [6, 6.07) is 0. The largest absolute Gasteiger partial charge is 0.463 e. The van der Waals surface area contributed by atoms with Crippen molar-refractivity contribution in [1.82, 2.24) is 0 Å². The van der Waals surface area contributed by atoms with Crippen molar-refractivity contribution in [2.75, 3.05) is 6.61 Å². The number of hydrogen-bond donors (Lipinski definition) is 11. The van der Waals surface area contributed by atoms with Crippen molar-refractivity contribution in [2.45, 2.75) is 124 Å². The lowest BCUT2D eigenvalue weighted by molar-refractivity contribution is -0.299. The number of esters is 3. The predicted octanol–water partition coefficient (Wildman–Crippen LogP) is -6.09. The van der Waals surface area contributed by atoms with Crippen LogP contribution >= 0.6 is 0 Å². The Kier molecular flexibility index (Phi) is 11.8. The smallest absolute Gasteiger partial charge is 0.311 e. The first-order valence-corrected chi connectivity index (χ1v) is 14.8. The summed E-state index contributed by atoms with van der Waals surface area (Å²) >= 11 is 0. The first-order chi connectivity index (χ1) is 21.1. The maximum absolute atomic E-state index is 13.0. The van der Waals surface area contributed by atoms with Crippen LogP contribution in [-0.2, 0) is 33.3 Å². The van der Waals surface area contributed by atoms with Crippen LogP contribution < -0.4 is 0 Å². The number of aliphatic hydroxyl groups is 11. The van der Waals surface area contributed by atoms with E-state index in [2.05, 4.69) is 0 Å². The molecule has 11 N–H and O–H groups in total. The topological polar surface area (TPSA) is 311 Å². The van der Waals surface area contributed by atoms with Gasteiger partial charge in [0, 0.05) is 0 Å². The molecule has 18 heteroatoms. The van der Waals surface area contributed by atoms with Gasteiger partial charge in [-0.3, -0.25) is 14.4 Å².